The minimum atomic E-state index is -0.218. The molecule has 0 saturated carbocycles. The van der Waals surface area contributed by atoms with Gasteiger partial charge >= 0.3 is 0 Å². The van der Waals surface area contributed by atoms with Crippen LogP contribution in [-0.4, -0.2) is 11.9 Å². The summed E-state index contributed by atoms with van der Waals surface area (Å²) in [6, 6.07) is 0.244. The lowest BCUT2D eigenvalue weighted by Gasteiger charge is -2.22. The lowest BCUT2D eigenvalue weighted by molar-refractivity contribution is -0.130. The van der Waals surface area contributed by atoms with E-state index in [4.69, 9.17) is 0 Å². The van der Waals surface area contributed by atoms with Crippen LogP contribution in [-0.2, 0) is 4.79 Å². The Hall–Kier alpha value is -0.530. The summed E-state index contributed by atoms with van der Waals surface area (Å²) in [5.74, 6) is 0.148. The van der Waals surface area contributed by atoms with Gasteiger partial charge in [0.2, 0.25) is 5.91 Å². The van der Waals surface area contributed by atoms with E-state index < -0.39 is 0 Å². The first-order valence-electron chi connectivity index (χ1n) is 5.21. The van der Waals surface area contributed by atoms with Crippen LogP contribution in [0.4, 0.5) is 0 Å². The predicted molar refractivity (Wildman–Crippen MR) is 58.7 cm³/mol. The normalized spacial score (nSPS) is 10.5. The first kappa shape index (κ1) is 15.0. The SMILES string of the molecule is CC.CCC(C)(C)C(=O)NC(C)C. The van der Waals surface area contributed by atoms with Crippen LogP contribution in [0.25, 0.3) is 0 Å². The number of hydrogen-bond acceptors (Lipinski definition) is 1. The van der Waals surface area contributed by atoms with Crippen molar-refractivity contribution in [2.75, 3.05) is 0 Å². The lowest BCUT2D eigenvalue weighted by atomic mass is 9.89. The maximum atomic E-state index is 11.4. The summed E-state index contributed by atoms with van der Waals surface area (Å²) in [6.45, 7) is 13.9. The van der Waals surface area contributed by atoms with Crippen molar-refractivity contribution in [2.45, 2.75) is 60.9 Å². The molecule has 0 aliphatic rings. The minimum Gasteiger partial charge on any atom is -0.353 e. The molecule has 0 unspecified atom stereocenters. The summed E-state index contributed by atoms with van der Waals surface area (Å²) in [7, 11) is 0. The highest BCUT2D eigenvalue weighted by Crippen LogP contribution is 2.19. The monoisotopic (exact) mass is 187 g/mol. The van der Waals surface area contributed by atoms with E-state index >= 15 is 0 Å². The van der Waals surface area contributed by atoms with Crippen LogP contribution in [0.2, 0.25) is 0 Å². The standard InChI is InChI=1S/C9H19NO.C2H6/c1-6-9(4,5)8(11)10-7(2)3;1-2/h7H,6H2,1-5H3,(H,10,11);1-2H3. The average molecular weight is 187 g/mol. The molecule has 0 atom stereocenters. The van der Waals surface area contributed by atoms with Gasteiger partial charge in [-0.2, -0.15) is 0 Å². The fraction of sp³-hybridized carbons (Fsp3) is 0.909. The number of amides is 1. The van der Waals surface area contributed by atoms with E-state index in [0.29, 0.717) is 0 Å². The zero-order valence-corrected chi connectivity index (χ0v) is 10.2. The molecule has 0 aliphatic heterocycles. The first-order chi connectivity index (χ1) is 5.90. The van der Waals surface area contributed by atoms with E-state index in [0.717, 1.165) is 6.42 Å². The Bertz CT molecular complexity index is 139. The van der Waals surface area contributed by atoms with Crippen molar-refractivity contribution in [2.24, 2.45) is 5.41 Å². The Kier molecular flexibility index (Phi) is 7.98. The molecule has 0 aromatic rings. The van der Waals surface area contributed by atoms with Crippen molar-refractivity contribution < 1.29 is 4.79 Å². The predicted octanol–water partition coefficient (Wildman–Crippen LogP) is 2.97. The molecule has 0 fully saturated rings. The average Bonchev–Trinajstić information content (AvgIpc) is 2.07. The first-order valence-corrected chi connectivity index (χ1v) is 5.21. The van der Waals surface area contributed by atoms with Crippen LogP contribution < -0.4 is 5.32 Å². The van der Waals surface area contributed by atoms with E-state index in [-0.39, 0.29) is 17.4 Å². The van der Waals surface area contributed by atoms with E-state index in [1.807, 2.05) is 48.5 Å². The van der Waals surface area contributed by atoms with Gasteiger partial charge < -0.3 is 5.32 Å². The Balaban J connectivity index is 0. The highest BCUT2D eigenvalue weighted by Gasteiger charge is 2.25. The molecule has 0 bridgehead atoms. The largest absolute Gasteiger partial charge is 0.353 e. The Morgan fingerprint density at radius 3 is 1.92 bits per heavy atom. The van der Waals surface area contributed by atoms with Gasteiger partial charge in [0, 0.05) is 11.5 Å². The highest BCUT2D eigenvalue weighted by molar-refractivity contribution is 5.81. The Labute approximate surface area is 83.1 Å². The number of hydrogen-bond donors (Lipinski definition) is 1. The number of carbonyl (C=O) groups is 1. The minimum absolute atomic E-state index is 0.148. The van der Waals surface area contributed by atoms with E-state index in [2.05, 4.69) is 5.32 Å². The molecule has 0 radical (unpaired) electrons. The van der Waals surface area contributed by atoms with Gasteiger partial charge in [0.05, 0.1) is 0 Å². The third-order valence-corrected chi connectivity index (χ3v) is 1.92. The van der Waals surface area contributed by atoms with Gasteiger partial charge in [0.1, 0.15) is 0 Å². The van der Waals surface area contributed by atoms with Crippen molar-refractivity contribution in [1.82, 2.24) is 5.32 Å². The molecule has 13 heavy (non-hydrogen) atoms. The molecular formula is C11H25NO. The summed E-state index contributed by atoms with van der Waals surface area (Å²) in [6.07, 6.45) is 0.881. The number of carbonyl (C=O) groups excluding carboxylic acids is 1. The second kappa shape index (κ2) is 6.93. The van der Waals surface area contributed by atoms with E-state index in [1.54, 1.807) is 0 Å². The Morgan fingerprint density at radius 1 is 1.31 bits per heavy atom. The summed E-state index contributed by atoms with van der Waals surface area (Å²) in [5.41, 5.74) is -0.218. The summed E-state index contributed by atoms with van der Waals surface area (Å²) in [5, 5.41) is 2.90. The molecule has 0 rings (SSSR count). The van der Waals surface area contributed by atoms with Crippen molar-refractivity contribution in [1.29, 1.82) is 0 Å². The molecule has 1 N–H and O–H groups in total. The molecule has 80 valence electrons. The molecule has 1 amide bonds. The fourth-order valence-corrected chi connectivity index (χ4v) is 0.618. The smallest absolute Gasteiger partial charge is 0.225 e. The Morgan fingerprint density at radius 2 is 1.69 bits per heavy atom. The highest BCUT2D eigenvalue weighted by atomic mass is 16.2. The van der Waals surface area contributed by atoms with Gasteiger partial charge in [-0.25, -0.2) is 0 Å². The molecule has 0 aromatic heterocycles. The zero-order valence-electron chi connectivity index (χ0n) is 10.2. The molecule has 0 heterocycles. The van der Waals surface area contributed by atoms with Crippen LogP contribution in [0.15, 0.2) is 0 Å². The molecule has 0 aliphatic carbocycles. The van der Waals surface area contributed by atoms with E-state index in [1.165, 1.54) is 0 Å². The maximum Gasteiger partial charge on any atom is 0.225 e. The zero-order chi connectivity index (χ0) is 11.1. The van der Waals surface area contributed by atoms with Gasteiger partial charge in [0.25, 0.3) is 0 Å². The number of rotatable bonds is 3. The quantitative estimate of drug-likeness (QED) is 0.723. The van der Waals surface area contributed by atoms with Crippen molar-refractivity contribution >= 4 is 5.91 Å². The number of nitrogens with one attached hydrogen (secondary N) is 1. The van der Waals surface area contributed by atoms with E-state index in [9.17, 15) is 4.79 Å². The van der Waals surface area contributed by atoms with Gasteiger partial charge in [-0.3, -0.25) is 4.79 Å². The molecule has 0 spiro atoms. The summed E-state index contributed by atoms with van der Waals surface area (Å²) >= 11 is 0. The van der Waals surface area contributed by atoms with Crippen molar-refractivity contribution in [3.8, 4) is 0 Å². The van der Waals surface area contributed by atoms with Crippen LogP contribution in [0, 0.1) is 5.41 Å². The molecule has 2 nitrogen and oxygen atoms in total. The lowest BCUT2D eigenvalue weighted by Crippen LogP contribution is -2.40. The van der Waals surface area contributed by atoms with Crippen molar-refractivity contribution in [3.05, 3.63) is 0 Å². The van der Waals surface area contributed by atoms with Gasteiger partial charge in [-0.05, 0) is 20.3 Å². The molecular weight excluding hydrogens is 162 g/mol. The second-order valence-electron chi connectivity index (χ2n) is 3.87. The fourth-order valence-electron chi connectivity index (χ4n) is 0.618. The second-order valence-corrected chi connectivity index (χ2v) is 3.87. The van der Waals surface area contributed by atoms with Crippen LogP contribution in [0.1, 0.15) is 54.9 Å². The van der Waals surface area contributed by atoms with Crippen LogP contribution in [0.5, 0.6) is 0 Å². The maximum absolute atomic E-state index is 11.4. The topological polar surface area (TPSA) is 29.1 Å². The molecule has 0 aromatic carbocycles. The third kappa shape index (κ3) is 6.62. The molecule has 2 heteroatoms. The van der Waals surface area contributed by atoms with Gasteiger partial charge in [-0.1, -0.05) is 34.6 Å². The van der Waals surface area contributed by atoms with Crippen molar-refractivity contribution in [3.63, 3.8) is 0 Å². The summed E-state index contributed by atoms with van der Waals surface area (Å²) in [4.78, 5) is 11.4. The summed E-state index contributed by atoms with van der Waals surface area (Å²) < 4.78 is 0. The van der Waals surface area contributed by atoms with Gasteiger partial charge in [-0.15, -0.1) is 0 Å². The third-order valence-electron chi connectivity index (χ3n) is 1.92. The van der Waals surface area contributed by atoms with Gasteiger partial charge in [0.15, 0.2) is 0 Å². The van der Waals surface area contributed by atoms with Crippen LogP contribution in [0.3, 0.4) is 0 Å². The van der Waals surface area contributed by atoms with Crippen LogP contribution >= 0.6 is 0 Å². The molecule has 0 saturated heterocycles.